The fraction of sp³-hybridized carbons (Fsp3) is 0.357. The summed E-state index contributed by atoms with van der Waals surface area (Å²) in [5.41, 5.74) is 1.46. The van der Waals surface area contributed by atoms with Gasteiger partial charge >= 0.3 is 0 Å². The molecule has 0 fully saturated rings. The zero-order chi connectivity index (χ0) is 14.5. The van der Waals surface area contributed by atoms with E-state index < -0.39 is 0 Å². The third kappa shape index (κ3) is 3.34. The van der Waals surface area contributed by atoms with Crippen LogP contribution < -0.4 is 10.6 Å². The highest BCUT2D eigenvalue weighted by molar-refractivity contribution is 5.99. The first kappa shape index (κ1) is 14.0. The average molecular weight is 273 g/mol. The van der Waals surface area contributed by atoms with E-state index in [-0.39, 0.29) is 11.9 Å². The molecule has 2 rings (SSSR count). The van der Waals surface area contributed by atoms with E-state index in [2.05, 4.69) is 20.8 Å². The molecule has 0 aliphatic rings. The molecule has 0 aliphatic heterocycles. The van der Waals surface area contributed by atoms with Gasteiger partial charge in [-0.15, -0.1) is 10.2 Å². The Hall–Kier alpha value is -2.37. The van der Waals surface area contributed by atoms with E-state index in [9.17, 15) is 4.79 Å². The van der Waals surface area contributed by atoms with Crippen molar-refractivity contribution < 1.29 is 4.79 Å². The number of aryl methyl sites for hydroxylation is 1. The summed E-state index contributed by atoms with van der Waals surface area (Å²) < 4.78 is 1.78. The Morgan fingerprint density at radius 1 is 1.35 bits per heavy atom. The summed E-state index contributed by atoms with van der Waals surface area (Å²) in [4.78, 5) is 12.2. The standard InChI is InChI=1S/C14H19N5O/c1-10(2)17-12-7-5-4-6-11(12)14(20)15-8-13-18-16-9-19(13)3/h4-7,9-10,17H,8H2,1-3H3,(H,15,20). The normalized spacial score (nSPS) is 10.6. The average Bonchev–Trinajstić information content (AvgIpc) is 2.81. The number of para-hydroxylation sites is 1. The monoisotopic (exact) mass is 273 g/mol. The molecule has 1 aromatic carbocycles. The number of hydrogen-bond acceptors (Lipinski definition) is 4. The van der Waals surface area contributed by atoms with Gasteiger partial charge in [-0.1, -0.05) is 12.1 Å². The molecule has 20 heavy (non-hydrogen) atoms. The molecular formula is C14H19N5O. The predicted molar refractivity (Wildman–Crippen MR) is 77.4 cm³/mol. The predicted octanol–water partition coefficient (Wildman–Crippen LogP) is 1.57. The van der Waals surface area contributed by atoms with Crippen LogP contribution in [0.5, 0.6) is 0 Å². The lowest BCUT2D eigenvalue weighted by Crippen LogP contribution is -2.26. The van der Waals surface area contributed by atoms with Crippen LogP contribution >= 0.6 is 0 Å². The van der Waals surface area contributed by atoms with Gasteiger partial charge in [-0.25, -0.2) is 0 Å². The summed E-state index contributed by atoms with van der Waals surface area (Å²) >= 11 is 0. The van der Waals surface area contributed by atoms with Gasteiger partial charge in [0.15, 0.2) is 5.82 Å². The van der Waals surface area contributed by atoms with E-state index in [0.29, 0.717) is 17.9 Å². The Bertz CT molecular complexity index is 591. The highest BCUT2D eigenvalue weighted by Gasteiger charge is 2.12. The van der Waals surface area contributed by atoms with Crippen molar-refractivity contribution in [2.45, 2.75) is 26.4 Å². The van der Waals surface area contributed by atoms with Gasteiger partial charge in [0, 0.05) is 18.8 Å². The van der Waals surface area contributed by atoms with Crippen LogP contribution in [-0.2, 0) is 13.6 Å². The van der Waals surface area contributed by atoms with Crippen LogP contribution in [0.4, 0.5) is 5.69 Å². The second-order valence-electron chi connectivity index (χ2n) is 4.89. The molecule has 0 radical (unpaired) electrons. The number of rotatable bonds is 5. The Labute approximate surface area is 118 Å². The first-order chi connectivity index (χ1) is 9.58. The van der Waals surface area contributed by atoms with Crippen molar-refractivity contribution >= 4 is 11.6 Å². The van der Waals surface area contributed by atoms with Gasteiger partial charge in [0.1, 0.15) is 6.33 Å². The lowest BCUT2D eigenvalue weighted by atomic mass is 10.1. The quantitative estimate of drug-likeness (QED) is 0.867. The number of carbonyl (C=O) groups is 1. The maximum Gasteiger partial charge on any atom is 0.253 e. The molecule has 0 bridgehead atoms. The van der Waals surface area contributed by atoms with Crippen molar-refractivity contribution in [2.75, 3.05) is 5.32 Å². The molecule has 106 valence electrons. The summed E-state index contributed by atoms with van der Waals surface area (Å²) in [6.45, 7) is 4.42. The van der Waals surface area contributed by atoms with E-state index >= 15 is 0 Å². The van der Waals surface area contributed by atoms with Crippen molar-refractivity contribution in [2.24, 2.45) is 7.05 Å². The Morgan fingerprint density at radius 2 is 2.10 bits per heavy atom. The number of amides is 1. The topological polar surface area (TPSA) is 71.8 Å². The fourth-order valence-electron chi connectivity index (χ4n) is 1.84. The zero-order valence-corrected chi connectivity index (χ0v) is 11.9. The maximum atomic E-state index is 12.2. The van der Waals surface area contributed by atoms with Crippen molar-refractivity contribution in [1.29, 1.82) is 0 Å². The molecule has 0 atom stereocenters. The van der Waals surface area contributed by atoms with E-state index in [0.717, 1.165) is 5.69 Å². The van der Waals surface area contributed by atoms with Crippen LogP contribution in [0.25, 0.3) is 0 Å². The highest BCUT2D eigenvalue weighted by atomic mass is 16.1. The molecule has 0 unspecified atom stereocenters. The number of anilines is 1. The molecule has 0 aliphatic carbocycles. The number of nitrogens with zero attached hydrogens (tertiary/aromatic N) is 3. The van der Waals surface area contributed by atoms with E-state index in [1.54, 1.807) is 17.0 Å². The van der Waals surface area contributed by atoms with Crippen molar-refractivity contribution in [3.8, 4) is 0 Å². The smallest absolute Gasteiger partial charge is 0.253 e. The van der Waals surface area contributed by atoms with Crippen LogP contribution in [0.15, 0.2) is 30.6 Å². The van der Waals surface area contributed by atoms with Gasteiger partial charge in [0.05, 0.1) is 12.1 Å². The summed E-state index contributed by atoms with van der Waals surface area (Å²) in [5.74, 6) is 0.587. The minimum Gasteiger partial charge on any atom is -0.382 e. The number of carbonyl (C=O) groups excluding carboxylic acids is 1. The third-order valence-corrected chi connectivity index (χ3v) is 2.83. The van der Waals surface area contributed by atoms with Crippen molar-refractivity contribution in [3.05, 3.63) is 42.0 Å². The van der Waals surface area contributed by atoms with Gasteiger partial charge in [0.25, 0.3) is 5.91 Å². The van der Waals surface area contributed by atoms with Crippen molar-refractivity contribution in [1.82, 2.24) is 20.1 Å². The first-order valence-electron chi connectivity index (χ1n) is 6.54. The van der Waals surface area contributed by atoms with Gasteiger partial charge in [-0.05, 0) is 26.0 Å². The van der Waals surface area contributed by atoms with E-state index in [4.69, 9.17) is 0 Å². The van der Waals surface area contributed by atoms with Gasteiger partial charge < -0.3 is 15.2 Å². The second kappa shape index (κ2) is 6.18. The molecule has 1 heterocycles. The summed E-state index contributed by atoms with van der Waals surface area (Å²) in [6, 6.07) is 7.73. The SMILES string of the molecule is CC(C)Nc1ccccc1C(=O)NCc1nncn1C. The van der Waals surface area contributed by atoms with E-state index in [1.807, 2.05) is 39.1 Å². The number of hydrogen-bond donors (Lipinski definition) is 2. The summed E-state index contributed by atoms with van der Waals surface area (Å²) in [5, 5.41) is 13.8. The van der Waals surface area contributed by atoms with Crippen LogP contribution in [0.3, 0.4) is 0 Å². The van der Waals surface area contributed by atoms with Gasteiger partial charge in [0.2, 0.25) is 0 Å². The fourth-order valence-corrected chi connectivity index (χ4v) is 1.84. The molecule has 0 spiro atoms. The Morgan fingerprint density at radius 3 is 2.75 bits per heavy atom. The largest absolute Gasteiger partial charge is 0.382 e. The lowest BCUT2D eigenvalue weighted by molar-refractivity contribution is 0.0950. The number of aromatic nitrogens is 3. The first-order valence-corrected chi connectivity index (χ1v) is 6.54. The molecule has 1 aromatic heterocycles. The molecule has 2 aromatic rings. The molecular weight excluding hydrogens is 254 g/mol. The minimum atomic E-state index is -0.128. The molecule has 0 saturated heterocycles. The van der Waals surface area contributed by atoms with Crippen molar-refractivity contribution in [3.63, 3.8) is 0 Å². The molecule has 0 saturated carbocycles. The van der Waals surface area contributed by atoms with Crippen LogP contribution in [0, 0.1) is 0 Å². The molecule has 2 N–H and O–H groups in total. The number of benzene rings is 1. The summed E-state index contributed by atoms with van der Waals surface area (Å²) in [7, 11) is 1.84. The molecule has 6 nitrogen and oxygen atoms in total. The molecule has 1 amide bonds. The molecule has 6 heteroatoms. The van der Waals surface area contributed by atoms with Crippen LogP contribution in [-0.4, -0.2) is 26.7 Å². The Balaban J connectivity index is 2.07. The van der Waals surface area contributed by atoms with Gasteiger partial charge in [-0.2, -0.15) is 0 Å². The third-order valence-electron chi connectivity index (χ3n) is 2.83. The summed E-state index contributed by atoms with van der Waals surface area (Å²) in [6.07, 6.45) is 1.61. The highest BCUT2D eigenvalue weighted by Crippen LogP contribution is 2.16. The number of nitrogens with one attached hydrogen (secondary N) is 2. The lowest BCUT2D eigenvalue weighted by Gasteiger charge is -2.14. The van der Waals surface area contributed by atoms with Gasteiger partial charge in [-0.3, -0.25) is 4.79 Å². The Kier molecular flexibility index (Phi) is 4.34. The zero-order valence-electron chi connectivity index (χ0n) is 11.9. The van der Waals surface area contributed by atoms with E-state index in [1.165, 1.54) is 0 Å². The minimum absolute atomic E-state index is 0.128. The maximum absolute atomic E-state index is 12.2. The van der Waals surface area contributed by atoms with Crippen LogP contribution in [0.1, 0.15) is 30.0 Å². The van der Waals surface area contributed by atoms with Crippen LogP contribution in [0.2, 0.25) is 0 Å². The second-order valence-corrected chi connectivity index (χ2v) is 4.89.